The van der Waals surface area contributed by atoms with Crippen LogP contribution in [0.25, 0.3) is 0 Å². The van der Waals surface area contributed by atoms with Crippen molar-refractivity contribution in [2.75, 3.05) is 20.2 Å². The summed E-state index contributed by atoms with van der Waals surface area (Å²) in [5, 5.41) is 3.71. The quantitative estimate of drug-likeness (QED) is 0.866. The van der Waals surface area contributed by atoms with Gasteiger partial charge in [0.25, 0.3) is 0 Å². The third kappa shape index (κ3) is 3.98. The van der Waals surface area contributed by atoms with Gasteiger partial charge in [-0.3, -0.25) is 4.90 Å². The highest BCUT2D eigenvalue weighted by Gasteiger charge is 2.30. The number of methoxy groups -OCH3 is 1. The van der Waals surface area contributed by atoms with Gasteiger partial charge in [-0.15, -0.1) is 0 Å². The molecule has 1 aromatic rings. The minimum Gasteiger partial charge on any atom is -0.497 e. The van der Waals surface area contributed by atoms with Crippen molar-refractivity contribution < 1.29 is 4.74 Å². The average molecular weight is 290 g/mol. The standard InChI is InChI=1S/C18H30N2O/c1-5-7-16-13-20(17(6-2)12-19-16)14(3)15-8-10-18(21-4)11-9-15/h8-11,14,16-17,19H,5-7,12-13H2,1-4H3. The van der Waals surface area contributed by atoms with Gasteiger partial charge in [0.05, 0.1) is 7.11 Å². The smallest absolute Gasteiger partial charge is 0.118 e. The number of rotatable bonds is 6. The third-order valence-electron chi connectivity index (χ3n) is 4.75. The first kappa shape index (κ1) is 16.3. The van der Waals surface area contributed by atoms with E-state index in [0.717, 1.165) is 18.8 Å². The Morgan fingerprint density at radius 3 is 2.57 bits per heavy atom. The molecule has 0 aliphatic carbocycles. The lowest BCUT2D eigenvalue weighted by Crippen LogP contribution is -2.56. The Hall–Kier alpha value is -1.06. The van der Waals surface area contributed by atoms with Crippen molar-refractivity contribution >= 4 is 0 Å². The molecule has 0 spiro atoms. The molecule has 1 saturated heterocycles. The third-order valence-corrected chi connectivity index (χ3v) is 4.75. The van der Waals surface area contributed by atoms with Crippen molar-refractivity contribution in [3.63, 3.8) is 0 Å². The molecule has 1 aliphatic rings. The van der Waals surface area contributed by atoms with Crippen molar-refractivity contribution in [3.05, 3.63) is 29.8 Å². The van der Waals surface area contributed by atoms with Crippen LogP contribution in [-0.2, 0) is 0 Å². The minimum absolute atomic E-state index is 0.460. The normalized spacial score (nSPS) is 24.8. The van der Waals surface area contributed by atoms with Crippen LogP contribution in [0.15, 0.2) is 24.3 Å². The second-order valence-corrected chi connectivity index (χ2v) is 6.10. The van der Waals surface area contributed by atoms with Crippen LogP contribution in [0.5, 0.6) is 5.75 Å². The monoisotopic (exact) mass is 290 g/mol. The molecule has 0 radical (unpaired) electrons. The zero-order valence-electron chi connectivity index (χ0n) is 13.9. The van der Waals surface area contributed by atoms with Crippen LogP contribution in [0.3, 0.4) is 0 Å². The first-order valence-electron chi connectivity index (χ1n) is 8.32. The van der Waals surface area contributed by atoms with Crippen molar-refractivity contribution in [1.29, 1.82) is 0 Å². The van der Waals surface area contributed by atoms with Gasteiger partial charge < -0.3 is 10.1 Å². The van der Waals surface area contributed by atoms with Gasteiger partial charge >= 0.3 is 0 Å². The van der Waals surface area contributed by atoms with E-state index in [1.165, 1.54) is 24.8 Å². The van der Waals surface area contributed by atoms with Crippen molar-refractivity contribution in [2.45, 2.75) is 58.2 Å². The predicted octanol–water partition coefficient (Wildman–Crippen LogP) is 3.61. The van der Waals surface area contributed by atoms with Gasteiger partial charge in [-0.05, 0) is 37.5 Å². The fraction of sp³-hybridized carbons (Fsp3) is 0.667. The molecule has 0 aromatic heterocycles. The molecule has 1 fully saturated rings. The maximum Gasteiger partial charge on any atom is 0.118 e. The molecule has 0 bridgehead atoms. The van der Waals surface area contributed by atoms with Crippen LogP contribution >= 0.6 is 0 Å². The average Bonchev–Trinajstić information content (AvgIpc) is 2.54. The molecular formula is C18H30N2O. The van der Waals surface area contributed by atoms with Gasteiger partial charge in [-0.1, -0.05) is 32.4 Å². The Morgan fingerprint density at radius 2 is 2.00 bits per heavy atom. The van der Waals surface area contributed by atoms with E-state index in [2.05, 4.69) is 55.3 Å². The van der Waals surface area contributed by atoms with E-state index in [1.54, 1.807) is 7.11 Å². The van der Waals surface area contributed by atoms with Crippen molar-refractivity contribution in [3.8, 4) is 5.75 Å². The highest BCUT2D eigenvalue weighted by molar-refractivity contribution is 5.29. The van der Waals surface area contributed by atoms with Crippen molar-refractivity contribution in [1.82, 2.24) is 10.2 Å². The second kappa shape index (κ2) is 7.81. The van der Waals surface area contributed by atoms with E-state index in [-0.39, 0.29) is 0 Å². The summed E-state index contributed by atoms with van der Waals surface area (Å²) >= 11 is 0. The Kier molecular flexibility index (Phi) is 6.07. The summed E-state index contributed by atoms with van der Waals surface area (Å²) < 4.78 is 5.26. The largest absolute Gasteiger partial charge is 0.497 e. The van der Waals surface area contributed by atoms with Crippen molar-refractivity contribution in [2.24, 2.45) is 0 Å². The van der Waals surface area contributed by atoms with E-state index < -0.39 is 0 Å². The van der Waals surface area contributed by atoms with Gasteiger partial charge in [0, 0.05) is 31.2 Å². The summed E-state index contributed by atoms with van der Waals surface area (Å²) in [5.41, 5.74) is 1.38. The maximum atomic E-state index is 5.26. The van der Waals surface area contributed by atoms with Crippen LogP contribution in [0.4, 0.5) is 0 Å². The molecule has 3 atom stereocenters. The van der Waals surface area contributed by atoms with Crippen LogP contribution in [0.1, 0.15) is 51.6 Å². The molecule has 21 heavy (non-hydrogen) atoms. The van der Waals surface area contributed by atoms with Gasteiger partial charge in [0.15, 0.2) is 0 Å². The summed E-state index contributed by atoms with van der Waals surface area (Å²) in [6.45, 7) is 9.16. The summed E-state index contributed by atoms with van der Waals surface area (Å²) in [6, 6.07) is 10.3. The first-order chi connectivity index (χ1) is 10.2. The number of nitrogens with zero attached hydrogens (tertiary/aromatic N) is 1. The Bertz CT molecular complexity index is 418. The summed E-state index contributed by atoms with van der Waals surface area (Å²) in [5.74, 6) is 0.933. The lowest BCUT2D eigenvalue weighted by molar-refractivity contribution is 0.0835. The van der Waals surface area contributed by atoms with E-state index in [1.807, 2.05) is 0 Å². The minimum atomic E-state index is 0.460. The van der Waals surface area contributed by atoms with Gasteiger partial charge in [0.2, 0.25) is 0 Å². The molecule has 1 heterocycles. The molecule has 1 aromatic carbocycles. The summed E-state index contributed by atoms with van der Waals surface area (Å²) in [7, 11) is 1.72. The van der Waals surface area contributed by atoms with E-state index in [0.29, 0.717) is 18.1 Å². The topological polar surface area (TPSA) is 24.5 Å². The van der Waals surface area contributed by atoms with E-state index in [4.69, 9.17) is 4.74 Å². The Balaban J connectivity index is 2.10. The molecule has 0 saturated carbocycles. The predicted molar refractivity (Wildman–Crippen MR) is 88.9 cm³/mol. The zero-order chi connectivity index (χ0) is 15.2. The number of hydrogen-bond acceptors (Lipinski definition) is 3. The maximum absolute atomic E-state index is 5.26. The van der Waals surface area contributed by atoms with Gasteiger partial charge in [-0.2, -0.15) is 0 Å². The lowest BCUT2D eigenvalue weighted by atomic mass is 9.98. The van der Waals surface area contributed by atoms with Crippen LogP contribution in [0.2, 0.25) is 0 Å². The molecule has 3 heteroatoms. The van der Waals surface area contributed by atoms with Gasteiger partial charge in [0.1, 0.15) is 5.75 Å². The SMILES string of the molecule is CCCC1CN(C(C)c2ccc(OC)cc2)C(CC)CN1. The van der Waals surface area contributed by atoms with Gasteiger partial charge in [-0.25, -0.2) is 0 Å². The molecule has 1 aliphatic heterocycles. The number of piperazine rings is 1. The molecule has 0 amide bonds. The fourth-order valence-electron chi connectivity index (χ4n) is 3.36. The number of benzene rings is 1. The number of ether oxygens (including phenoxy) is 1. The molecule has 3 nitrogen and oxygen atoms in total. The van der Waals surface area contributed by atoms with E-state index >= 15 is 0 Å². The Morgan fingerprint density at radius 1 is 1.29 bits per heavy atom. The summed E-state index contributed by atoms with van der Waals surface area (Å²) in [6.07, 6.45) is 3.72. The van der Waals surface area contributed by atoms with Crippen LogP contribution in [-0.4, -0.2) is 37.2 Å². The number of nitrogens with one attached hydrogen (secondary N) is 1. The Labute approximate surface area is 129 Å². The van der Waals surface area contributed by atoms with E-state index in [9.17, 15) is 0 Å². The molecule has 2 rings (SSSR count). The second-order valence-electron chi connectivity index (χ2n) is 6.10. The highest BCUT2D eigenvalue weighted by atomic mass is 16.5. The zero-order valence-corrected chi connectivity index (χ0v) is 13.9. The van der Waals surface area contributed by atoms with Crippen LogP contribution in [0, 0.1) is 0 Å². The van der Waals surface area contributed by atoms with Crippen LogP contribution < -0.4 is 10.1 Å². The molecule has 3 unspecified atom stereocenters. The fourth-order valence-corrected chi connectivity index (χ4v) is 3.36. The molecule has 118 valence electrons. The first-order valence-corrected chi connectivity index (χ1v) is 8.32. The molecular weight excluding hydrogens is 260 g/mol. The molecule has 1 N–H and O–H groups in total. The number of hydrogen-bond donors (Lipinski definition) is 1. The highest BCUT2D eigenvalue weighted by Crippen LogP contribution is 2.27. The summed E-state index contributed by atoms with van der Waals surface area (Å²) in [4.78, 5) is 2.68. The lowest BCUT2D eigenvalue weighted by Gasteiger charge is -2.43.